The van der Waals surface area contributed by atoms with Crippen molar-refractivity contribution in [2.24, 2.45) is 0 Å². The van der Waals surface area contributed by atoms with Crippen LogP contribution in [-0.4, -0.2) is 17.1 Å². The highest BCUT2D eigenvalue weighted by molar-refractivity contribution is 6.31. The second-order valence-corrected chi connectivity index (χ2v) is 3.78. The number of hydrogen-bond donors (Lipinski definition) is 1. The summed E-state index contributed by atoms with van der Waals surface area (Å²) in [6, 6.07) is 1.57. The van der Waals surface area contributed by atoms with Gasteiger partial charge in [-0.3, -0.25) is 0 Å². The molecule has 2 rings (SSSR count). The Morgan fingerprint density at radius 2 is 1.79 bits per heavy atom. The maximum atomic E-state index is 13.1. The molecule has 1 aromatic carbocycles. The summed E-state index contributed by atoms with van der Waals surface area (Å²) in [4.78, 5) is 7.50. The fourth-order valence-electron chi connectivity index (χ4n) is 1.39. The monoisotopic (exact) mass is 289 g/mol. The van der Waals surface area contributed by atoms with Crippen molar-refractivity contribution in [3.8, 4) is 5.75 Å². The van der Waals surface area contributed by atoms with Gasteiger partial charge in [-0.15, -0.1) is 0 Å². The van der Waals surface area contributed by atoms with Gasteiger partial charge in [-0.05, 0) is 0 Å². The van der Waals surface area contributed by atoms with Crippen LogP contribution in [0.2, 0.25) is 5.15 Å². The first-order chi connectivity index (χ1) is 9.02. The molecular weight excluding hydrogens is 283 g/mol. The van der Waals surface area contributed by atoms with Gasteiger partial charge in [-0.25, -0.2) is 23.1 Å². The van der Waals surface area contributed by atoms with Gasteiger partial charge in [0.1, 0.15) is 6.33 Å². The summed E-state index contributed by atoms with van der Waals surface area (Å²) in [6.45, 7) is 0. The van der Waals surface area contributed by atoms with Gasteiger partial charge in [0.15, 0.2) is 34.2 Å². The van der Waals surface area contributed by atoms with Crippen molar-refractivity contribution >= 4 is 23.1 Å². The van der Waals surface area contributed by atoms with Gasteiger partial charge in [0.05, 0.1) is 7.11 Å². The highest BCUT2D eigenvalue weighted by Crippen LogP contribution is 2.31. The van der Waals surface area contributed by atoms with E-state index in [1.807, 2.05) is 0 Å². The summed E-state index contributed by atoms with van der Waals surface area (Å²) in [5, 5.41) is 2.60. The number of nitrogens with one attached hydrogen (secondary N) is 1. The number of benzene rings is 1. The summed E-state index contributed by atoms with van der Waals surface area (Å²) in [5.41, 5.74) is -0.0375. The number of hydrogen-bond acceptors (Lipinski definition) is 4. The Hall–Kier alpha value is -2.02. The SMILES string of the molecule is COc1c(Cl)ncnc1Nc1cc(F)c(F)c(F)c1. The maximum Gasteiger partial charge on any atom is 0.199 e. The molecule has 0 aliphatic heterocycles. The van der Waals surface area contributed by atoms with E-state index < -0.39 is 17.5 Å². The number of methoxy groups -OCH3 is 1. The van der Waals surface area contributed by atoms with Crippen LogP contribution < -0.4 is 10.1 Å². The maximum absolute atomic E-state index is 13.1. The van der Waals surface area contributed by atoms with Crippen molar-refractivity contribution in [2.75, 3.05) is 12.4 Å². The Labute approximate surface area is 111 Å². The lowest BCUT2D eigenvalue weighted by molar-refractivity contribution is 0.413. The van der Waals surface area contributed by atoms with Crippen LogP contribution in [0.25, 0.3) is 0 Å². The first-order valence-electron chi connectivity index (χ1n) is 4.99. The summed E-state index contributed by atoms with van der Waals surface area (Å²) in [6.07, 6.45) is 1.14. The molecule has 1 aromatic heterocycles. The molecule has 0 spiro atoms. The van der Waals surface area contributed by atoms with Crippen LogP contribution in [0.1, 0.15) is 0 Å². The minimum absolute atomic E-state index is 0.0306. The Bertz CT molecular complexity index is 601. The van der Waals surface area contributed by atoms with Gasteiger partial charge in [-0.2, -0.15) is 0 Å². The third-order valence-electron chi connectivity index (χ3n) is 2.21. The molecule has 0 atom stereocenters. The third kappa shape index (κ3) is 2.70. The molecule has 0 radical (unpaired) electrons. The Morgan fingerprint density at radius 1 is 1.16 bits per heavy atom. The molecule has 0 fully saturated rings. The minimum atomic E-state index is -1.54. The van der Waals surface area contributed by atoms with Gasteiger partial charge in [-0.1, -0.05) is 11.6 Å². The lowest BCUT2D eigenvalue weighted by Crippen LogP contribution is -2.01. The van der Waals surface area contributed by atoms with Crippen LogP contribution in [0.5, 0.6) is 5.75 Å². The molecule has 4 nitrogen and oxygen atoms in total. The zero-order valence-corrected chi connectivity index (χ0v) is 10.3. The largest absolute Gasteiger partial charge is 0.490 e. The molecule has 0 saturated carbocycles. The van der Waals surface area contributed by atoms with E-state index in [0.29, 0.717) is 0 Å². The minimum Gasteiger partial charge on any atom is -0.490 e. The molecule has 0 aliphatic rings. The van der Waals surface area contributed by atoms with Crippen molar-refractivity contribution in [2.45, 2.75) is 0 Å². The van der Waals surface area contributed by atoms with Gasteiger partial charge in [0, 0.05) is 17.8 Å². The number of nitrogens with zero attached hydrogens (tertiary/aromatic N) is 2. The molecule has 0 amide bonds. The molecule has 8 heteroatoms. The Kier molecular flexibility index (Phi) is 3.75. The average molecular weight is 290 g/mol. The van der Waals surface area contributed by atoms with Gasteiger partial charge in [0.2, 0.25) is 0 Å². The highest BCUT2D eigenvalue weighted by Gasteiger charge is 2.14. The Balaban J connectivity index is 2.39. The van der Waals surface area contributed by atoms with E-state index in [-0.39, 0.29) is 22.4 Å². The molecule has 0 unspecified atom stereocenters. The van der Waals surface area contributed by atoms with Crippen LogP contribution >= 0.6 is 11.6 Å². The molecule has 0 bridgehead atoms. The summed E-state index contributed by atoms with van der Waals surface area (Å²) < 4.78 is 43.9. The zero-order valence-electron chi connectivity index (χ0n) is 9.55. The lowest BCUT2D eigenvalue weighted by Gasteiger charge is -2.10. The summed E-state index contributed by atoms with van der Waals surface area (Å²) in [7, 11) is 1.33. The summed E-state index contributed by atoms with van der Waals surface area (Å²) in [5.74, 6) is -3.97. The Morgan fingerprint density at radius 3 is 2.37 bits per heavy atom. The standard InChI is InChI=1S/C11H7ClF3N3O/c1-19-9-10(12)16-4-17-11(9)18-5-2-6(13)8(15)7(14)3-5/h2-4H,1H3,(H,16,17,18). The molecule has 2 aromatic rings. The molecule has 0 aliphatic carbocycles. The smallest absolute Gasteiger partial charge is 0.199 e. The first-order valence-corrected chi connectivity index (χ1v) is 5.36. The van der Waals surface area contributed by atoms with Crippen LogP contribution in [0.3, 0.4) is 0 Å². The van der Waals surface area contributed by atoms with Crippen LogP contribution in [0.4, 0.5) is 24.7 Å². The predicted octanol–water partition coefficient (Wildman–Crippen LogP) is 3.30. The number of anilines is 2. The zero-order chi connectivity index (χ0) is 14.0. The van der Waals surface area contributed by atoms with E-state index in [9.17, 15) is 13.2 Å². The predicted molar refractivity (Wildman–Crippen MR) is 63.2 cm³/mol. The highest BCUT2D eigenvalue weighted by atomic mass is 35.5. The van der Waals surface area contributed by atoms with Gasteiger partial charge in [0.25, 0.3) is 0 Å². The van der Waals surface area contributed by atoms with Crippen molar-refractivity contribution in [3.05, 3.63) is 41.1 Å². The number of aromatic nitrogens is 2. The normalized spacial score (nSPS) is 10.4. The first kappa shape index (κ1) is 13.4. The van der Waals surface area contributed by atoms with E-state index in [1.54, 1.807) is 0 Å². The topological polar surface area (TPSA) is 47.0 Å². The molecule has 1 heterocycles. The molecule has 100 valence electrons. The molecular formula is C11H7ClF3N3O. The second kappa shape index (κ2) is 5.31. The molecule has 19 heavy (non-hydrogen) atoms. The van der Waals surface area contributed by atoms with Gasteiger partial charge >= 0.3 is 0 Å². The van der Waals surface area contributed by atoms with Crippen molar-refractivity contribution in [1.82, 2.24) is 9.97 Å². The van der Waals surface area contributed by atoms with Crippen LogP contribution in [-0.2, 0) is 0 Å². The molecule has 0 saturated heterocycles. The summed E-state index contributed by atoms with van der Waals surface area (Å²) >= 11 is 5.76. The quantitative estimate of drug-likeness (QED) is 0.696. The van der Waals surface area contributed by atoms with E-state index in [4.69, 9.17) is 16.3 Å². The number of ether oxygens (including phenoxy) is 1. The second-order valence-electron chi connectivity index (χ2n) is 3.43. The van der Waals surface area contributed by atoms with E-state index in [2.05, 4.69) is 15.3 Å². The lowest BCUT2D eigenvalue weighted by atomic mass is 10.3. The van der Waals surface area contributed by atoms with Crippen molar-refractivity contribution in [1.29, 1.82) is 0 Å². The van der Waals surface area contributed by atoms with E-state index in [0.717, 1.165) is 18.5 Å². The van der Waals surface area contributed by atoms with Crippen LogP contribution in [0, 0.1) is 17.5 Å². The van der Waals surface area contributed by atoms with Crippen molar-refractivity contribution in [3.63, 3.8) is 0 Å². The third-order valence-corrected chi connectivity index (χ3v) is 2.48. The van der Waals surface area contributed by atoms with Crippen LogP contribution in [0.15, 0.2) is 18.5 Å². The van der Waals surface area contributed by atoms with Gasteiger partial charge < -0.3 is 10.1 Å². The average Bonchev–Trinajstić information content (AvgIpc) is 2.36. The fourth-order valence-corrected chi connectivity index (χ4v) is 1.60. The van der Waals surface area contributed by atoms with E-state index >= 15 is 0 Å². The fraction of sp³-hybridized carbons (Fsp3) is 0.0909. The molecule has 1 N–H and O–H groups in total. The number of rotatable bonds is 3. The van der Waals surface area contributed by atoms with E-state index in [1.165, 1.54) is 7.11 Å². The van der Waals surface area contributed by atoms with Crippen molar-refractivity contribution < 1.29 is 17.9 Å². The number of halogens is 4.